The second kappa shape index (κ2) is 6.64. The highest BCUT2D eigenvalue weighted by atomic mass is 32.1. The van der Waals surface area contributed by atoms with E-state index in [1.54, 1.807) is 11.3 Å². The van der Waals surface area contributed by atoms with Gasteiger partial charge in [-0.15, -0.1) is 11.3 Å². The highest BCUT2D eigenvalue weighted by Crippen LogP contribution is 2.14. The molecule has 0 spiro atoms. The first kappa shape index (κ1) is 13.2. The molecule has 98 valence electrons. The first-order chi connectivity index (χ1) is 8.79. The Labute approximate surface area is 112 Å². The summed E-state index contributed by atoms with van der Waals surface area (Å²) in [6.07, 6.45) is 6.59. The molecule has 0 aromatic carbocycles. The molecule has 0 atom stereocenters. The Bertz CT molecular complexity index is 475. The van der Waals surface area contributed by atoms with Crippen LogP contribution in [0.25, 0.3) is 0 Å². The average Bonchev–Trinajstić information content (AvgIpc) is 2.96. The van der Waals surface area contributed by atoms with Crippen LogP contribution in [0.4, 0.5) is 0 Å². The van der Waals surface area contributed by atoms with Crippen LogP contribution in [0, 0.1) is 6.92 Å². The largest absolute Gasteiger partial charge is 0.263 e. The lowest BCUT2D eigenvalue weighted by Gasteiger charge is -1.95. The van der Waals surface area contributed by atoms with Crippen molar-refractivity contribution in [2.75, 3.05) is 0 Å². The standard InChI is InChI=1S/C13H20N4S/c1-3-4-5-6-12-15-13(17-16-12)8-7-11-10(2)14-9-18-11/h9H,3-8H2,1-2H3,(H,15,16,17). The molecule has 0 radical (unpaired) electrons. The molecule has 18 heavy (non-hydrogen) atoms. The number of unbranched alkanes of at least 4 members (excludes halogenated alkanes) is 2. The summed E-state index contributed by atoms with van der Waals surface area (Å²) in [6, 6.07) is 0. The number of aryl methyl sites for hydroxylation is 4. The van der Waals surface area contributed by atoms with E-state index in [-0.39, 0.29) is 0 Å². The lowest BCUT2D eigenvalue weighted by Crippen LogP contribution is -1.94. The highest BCUT2D eigenvalue weighted by Gasteiger charge is 2.06. The van der Waals surface area contributed by atoms with Crippen LogP contribution < -0.4 is 0 Å². The van der Waals surface area contributed by atoms with E-state index in [4.69, 9.17) is 0 Å². The highest BCUT2D eigenvalue weighted by molar-refractivity contribution is 7.09. The van der Waals surface area contributed by atoms with Gasteiger partial charge in [-0.05, 0) is 19.8 Å². The molecule has 5 heteroatoms. The van der Waals surface area contributed by atoms with Crippen LogP contribution in [-0.2, 0) is 19.3 Å². The maximum Gasteiger partial charge on any atom is 0.151 e. The third-order valence-electron chi connectivity index (χ3n) is 3.02. The van der Waals surface area contributed by atoms with E-state index in [1.165, 1.54) is 24.1 Å². The van der Waals surface area contributed by atoms with Crippen molar-refractivity contribution < 1.29 is 0 Å². The lowest BCUT2D eigenvalue weighted by atomic mass is 10.2. The maximum atomic E-state index is 4.53. The second-order valence-electron chi connectivity index (χ2n) is 4.52. The number of aromatic amines is 1. The fraction of sp³-hybridized carbons (Fsp3) is 0.615. The Morgan fingerprint density at radius 3 is 2.83 bits per heavy atom. The molecule has 0 aliphatic heterocycles. The molecule has 0 fully saturated rings. The fourth-order valence-corrected chi connectivity index (χ4v) is 2.67. The summed E-state index contributed by atoms with van der Waals surface area (Å²) in [4.78, 5) is 10.1. The average molecular weight is 264 g/mol. The fourth-order valence-electron chi connectivity index (χ4n) is 1.89. The SMILES string of the molecule is CCCCCc1nc(CCc2scnc2C)n[nH]1. The normalized spacial score (nSPS) is 11.0. The van der Waals surface area contributed by atoms with Gasteiger partial charge in [0.2, 0.25) is 0 Å². The van der Waals surface area contributed by atoms with Crippen molar-refractivity contribution in [2.45, 2.75) is 52.4 Å². The van der Waals surface area contributed by atoms with Crippen molar-refractivity contribution in [2.24, 2.45) is 0 Å². The Morgan fingerprint density at radius 1 is 1.22 bits per heavy atom. The van der Waals surface area contributed by atoms with Crippen LogP contribution >= 0.6 is 11.3 Å². The minimum absolute atomic E-state index is 0.896. The van der Waals surface area contributed by atoms with E-state index < -0.39 is 0 Å². The molecule has 2 heterocycles. The number of thiazole rings is 1. The molecule has 0 unspecified atom stereocenters. The number of H-pyrrole nitrogens is 1. The number of rotatable bonds is 7. The van der Waals surface area contributed by atoms with Crippen LogP contribution in [0.1, 0.15) is 48.4 Å². The van der Waals surface area contributed by atoms with E-state index in [1.807, 2.05) is 5.51 Å². The maximum absolute atomic E-state index is 4.53. The third-order valence-corrected chi connectivity index (χ3v) is 4.01. The van der Waals surface area contributed by atoms with Crippen molar-refractivity contribution in [3.63, 3.8) is 0 Å². The van der Waals surface area contributed by atoms with Gasteiger partial charge in [0.05, 0.1) is 11.2 Å². The molecule has 0 aliphatic carbocycles. The van der Waals surface area contributed by atoms with Crippen LogP contribution in [0.2, 0.25) is 0 Å². The van der Waals surface area contributed by atoms with Crippen molar-refractivity contribution in [3.05, 3.63) is 27.7 Å². The number of nitrogens with one attached hydrogen (secondary N) is 1. The van der Waals surface area contributed by atoms with Gasteiger partial charge in [-0.1, -0.05) is 19.8 Å². The molecule has 2 rings (SSSR count). The summed E-state index contributed by atoms with van der Waals surface area (Å²) in [5.74, 6) is 1.95. The van der Waals surface area contributed by atoms with Gasteiger partial charge in [0.1, 0.15) is 5.82 Å². The Balaban J connectivity index is 1.81. The zero-order valence-electron chi connectivity index (χ0n) is 11.1. The number of hydrogen-bond acceptors (Lipinski definition) is 4. The molecule has 0 amide bonds. The molecule has 4 nitrogen and oxygen atoms in total. The van der Waals surface area contributed by atoms with Gasteiger partial charge in [-0.3, -0.25) is 5.10 Å². The molecule has 0 aliphatic rings. The van der Waals surface area contributed by atoms with E-state index in [0.29, 0.717) is 0 Å². The quantitative estimate of drug-likeness (QED) is 0.782. The van der Waals surface area contributed by atoms with Crippen molar-refractivity contribution in [1.29, 1.82) is 0 Å². The third kappa shape index (κ3) is 3.63. The molecule has 1 N–H and O–H groups in total. The number of nitrogens with zero attached hydrogens (tertiary/aromatic N) is 3. The molecule has 0 saturated carbocycles. The van der Waals surface area contributed by atoms with Gasteiger partial charge in [-0.25, -0.2) is 9.97 Å². The van der Waals surface area contributed by atoms with E-state index in [2.05, 4.69) is 34.0 Å². The van der Waals surface area contributed by atoms with Gasteiger partial charge in [0, 0.05) is 17.7 Å². The van der Waals surface area contributed by atoms with Gasteiger partial charge >= 0.3 is 0 Å². The minimum atomic E-state index is 0.896. The van der Waals surface area contributed by atoms with Gasteiger partial charge in [-0.2, -0.15) is 5.10 Å². The molecule has 0 bridgehead atoms. The predicted molar refractivity (Wildman–Crippen MR) is 73.9 cm³/mol. The Morgan fingerprint density at radius 2 is 2.11 bits per heavy atom. The molecule has 2 aromatic heterocycles. The van der Waals surface area contributed by atoms with Gasteiger partial charge in [0.25, 0.3) is 0 Å². The summed E-state index contributed by atoms with van der Waals surface area (Å²) in [7, 11) is 0. The van der Waals surface area contributed by atoms with E-state index in [9.17, 15) is 0 Å². The van der Waals surface area contributed by atoms with Crippen molar-refractivity contribution in [1.82, 2.24) is 20.2 Å². The van der Waals surface area contributed by atoms with Crippen LogP contribution in [0.5, 0.6) is 0 Å². The minimum Gasteiger partial charge on any atom is -0.263 e. The summed E-state index contributed by atoms with van der Waals surface area (Å²) >= 11 is 1.72. The first-order valence-corrected chi connectivity index (χ1v) is 7.46. The van der Waals surface area contributed by atoms with Gasteiger partial charge in [0.15, 0.2) is 5.82 Å². The topological polar surface area (TPSA) is 54.5 Å². The number of aromatic nitrogens is 4. The van der Waals surface area contributed by atoms with E-state index in [0.717, 1.165) is 36.6 Å². The second-order valence-corrected chi connectivity index (χ2v) is 5.46. The lowest BCUT2D eigenvalue weighted by molar-refractivity contribution is 0.695. The number of hydrogen-bond donors (Lipinski definition) is 1. The summed E-state index contributed by atoms with van der Waals surface area (Å²) in [5.41, 5.74) is 3.04. The molecule has 0 saturated heterocycles. The summed E-state index contributed by atoms with van der Waals surface area (Å²) < 4.78 is 0. The predicted octanol–water partition coefficient (Wildman–Crippen LogP) is 3.09. The van der Waals surface area contributed by atoms with Crippen LogP contribution in [-0.4, -0.2) is 20.2 Å². The van der Waals surface area contributed by atoms with E-state index >= 15 is 0 Å². The van der Waals surface area contributed by atoms with Crippen molar-refractivity contribution in [3.8, 4) is 0 Å². The molecular weight excluding hydrogens is 244 g/mol. The first-order valence-electron chi connectivity index (χ1n) is 6.58. The smallest absolute Gasteiger partial charge is 0.151 e. The monoisotopic (exact) mass is 264 g/mol. The zero-order valence-corrected chi connectivity index (χ0v) is 11.9. The van der Waals surface area contributed by atoms with Gasteiger partial charge < -0.3 is 0 Å². The summed E-state index contributed by atoms with van der Waals surface area (Å²) in [6.45, 7) is 4.27. The zero-order chi connectivity index (χ0) is 12.8. The van der Waals surface area contributed by atoms with Crippen molar-refractivity contribution >= 4 is 11.3 Å². The Kier molecular flexibility index (Phi) is 4.87. The summed E-state index contributed by atoms with van der Waals surface area (Å²) in [5, 5.41) is 7.31. The van der Waals surface area contributed by atoms with Crippen LogP contribution in [0.15, 0.2) is 5.51 Å². The Hall–Kier alpha value is -1.23. The molecular formula is C13H20N4S. The molecule has 2 aromatic rings. The van der Waals surface area contributed by atoms with Crippen LogP contribution in [0.3, 0.4) is 0 Å².